The molecule has 0 aliphatic heterocycles. The number of amides is 2. The zero-order chi connectivity index (χ0) is 30.2. The van der Waals surface area contributed by atoms with Gasteiger partial charge in [0, 0.05) is 14.3 Å². The zero-order valence-corrected chi connectivity index (χ0v) is 25.3. The summed E-state index contributed by atoms with van der Waals surface area (Å²) in [4.78, 5) is 38.6. The maximum Gasteiger partial charge on any atom is 0.410 e. The van der Waals surface area contributed by atoms with E-state index >= 15 is 0 Å². The molecule has 2 amide bonds. The molecule has 8 heteroatoms. The van der Waals surface area contributed by atoms with Crippen LogP contribution in [-0.4, -0.2) is 52.2 Å². The van der Waals surface area contributed by atoms with E-state index in [1.54, 1.807) is 20.8 Å². The average molecular weight is 553 g/mol. The lowest BCUT2D eigenvalue weighted by atomic mass is 10.0. The Morgan fingerprint density at radius 1 is 0.923 bits per heavy atom. The second kappa shape index (κ2) is 22.5. The Hall–Kier alpha value is -2.30. The lowest BCUT2D eigenvalue weighted by Gasteiger charge is -2.31. The fourth-order valence-corrected chi connectivity index (χ4v) is 4.47. The van der Waals surface area contributed by atoms with Crippen molar-refractivity contribution in [3.05, 3.63) is 0 Å². The van der Waals surface area contributed by atoms with Gasteiger partial charge in [0.05, 0.1) is 6.07 Å². The van der Waals surface area contributed by atoms with Crippen molar-refractivity contribution in [1.82, 2.24) is 10.2 Å². The molecular weight excluding hydrogens is 494 g/mol. The Balaban J connectivity index is 4.47. The highest BCUT2D eigenvalue weighted by Crippen LogP contribution is 2.16. The number of unbranched alkanes of at least 4 members (excludes halogenated alkanes) is 15. The molecule has 0 fully saturated rings. The third-order valence-corrected chi connectivity index (χ3v) is 6.86. The van der Waals surface area contributed by atoms with E-state index in [1.807, 2.05) is 6.07 Å². The van der Waals surface area contributed by atoms with Crippen LogP contribution < -0.4 is 5.32 Å². The van der Waals surface area contributed by atoms with Crippen LogP contribution in [0.3, 0.4) is 0 Å². The molecule has 8 nitrogen and oxygen atoms in total. The van der Waals surface area contributed by atoms with Crippen LogP contribution in [0.2, 0.25) is 0 Å². The van der Waals surface area contributed by atoms with Crippen LogP contribution in [0.25, 0.3) is 0 Å². The van der Waals surface area contributed by atoms with Gasteiger partial charge in [-0.25, -0.2) is 9.59 Å². The Labute approximate surface area is 239 Å². The highest BCUT2D eigenvalue weighted by atomic mass is 16.6. The molecule has 0 radical (unpaired) electrons. The van der Waals surface area contributed by atoms with Crippen LogP contribution in [-0.2, 0) is 14.3 Å². The minimum absolute atomic E-state index is 0.00569. The van der Waals surface area contributed by atoms with Crippen molar-refractivity contribution in [2.45, 2.75) is 168 Å². The first-order valence-corrected chi connectivity index (χ1v) is 15.3. The first-order valence-electron chi connectivity index (χ1n) is 16.0. The second-order valence-electron chi connectivity index (χ2n) is 11.4. The number of rotatable bonds is 23. The molecule has 2 atom stereocenters. The average Bonchev–Trinajstić information content (AvgIpc) is 2.91. The maximum absolute atomic E-state index is 12.9. The van der Waals surface area contributed by atoms with Gasteiger partial charge in [0.25, 0.3) is 0 Å². The Bertz CT molecular complexity index is 741. The normalized spacial score (nSPS) is 13.2. The molecule has 226 valence electrons. The van der Waals surface area contributed by atoms with Gasteiger partial charge in [0.2, 0.25) is 5.91 Å². The van der Waals surface area contributed by atoms with E-state index in [1.165, 1.54) is 81.9 Å². The number of nitrogens with one attached hydrogen (secondary N) is 1. The Morgan fingerprint density at radius 2 is 1.38 bits per heavy atom. The van der Waals surface area contributed by atoms with Crippen LogP contribution in [0.5, 0.6) is 0 Å². The molecule has 0 heterocycles. The van der Waals surface area contributed by atoms with Gasteiger partial charge in [0.1, 0.15) is 17.7 Å². The number of carbonyl (C=O) groups is 3. The van der Waals surface area contributed by atoms with E-state index in [0.29, 0.717) is 13.0 Å². The minimum atomic E-state index is -1.22. The summed E-state index contributed by atoms with van der Waals surface area (Å²) in [7, 11) is 0. The van der Waals surface area contributed by atoms with Gasteiger partial charge in [-0.1, -0.05) is 103 Å². The number of nitrogens with zero attached hydrogens (tertiary/aromatic N) is 2. The molecule has 0 spiro atoms. The van der Waals surface area contributed by atoms with Crippen molar-refractivity contribution < 1.29 is 25.6 Å². The van der Waals surface area contributed by atoms with E-state index < -0.39 is 35.7 Å². The van der Waals surface area contributed by atoms with Crippen molar-refractivity contribution in [2.24, 2.45) is 0 Å². The highest BCUT2D eigenvalue weighted by Gasteiger charge is 2.31. The standard InChI is InChI=1S/C31H57N3O5/c1-6-7-8-9-10-11-12-13-14-15-16-17-18-19-20-21-25-34(30(38)39-31(3,4)5)26(2)28(35)33-27(29(36)37)23-22-24-32/h26-27H,6-23,25H2,1-5H3,(H,33,35)(H,36,37)/t26-,27-/m0/s1/i3D. The Morgan fingerprint density at radius 3 is 1.79 bits per heavy atom. The van der Waals surface area contributed by atoms with E-state index in [-0.39, 0.29) is 19.7 Å². The summed E-state index contributed by atoms with van der Waals surface area (Å²) in [6.45, 7) is 7.25. The first-order chi connectivity index (χ1) is 19.1. The zero-order valence-electron chi connectivity index (χ0n) is 26.3. The molecule has 0 saturated heterocycles. The minimum Gasteiger partial charge on any atom is -0.480 e. The number of nitriles is 1. The van der Waals surface area contributed by atoms with Crippen molar-refractivity contribution in [3.8, 4) is 6.07 Å². The number of hydrogen-bond acceptors (Lipinski definition) is 5. The maximum atomic E-state index is 12.9. The number of carboxylic acids is 1. The molecule has 0 bridgehead atoms. The molecule has 0 saturated carbocycles. The predicted molar refractivity (Wildman–Crippen MR) is 156 cm³/mol. The quantitative estimate of drug-likeness (QED) is 0.125. The second-order valence-corrected chi connectivity index (χ2v) is 11.4. The van der Waals surface area contributed by atoms with E-state index in [0.717, 1.165) is 19.3 Å². The van der Waals surface area contributed by atoms with Gasteiger partial charge < -0.3 is 15.2 Å². The van der Waals surface area contributed by atoms with E-state index in [9.17, 15) is 19.5 Å². The van der Waals surface area contributed by atoms with E-state index in [2.05, 4.69) is 12.2 Å². The van der Waals surface area contributed by atoms with E-state index in [4.69, 9.17) is 11.4 Å². The predicted octanol–water partition coefficient (Wildman–Crippen LogP) is 7.75. The third kappa shape index (κ3) is 20.3. The number of aliphatic carboxylic acids is 1. The highest BCUT2D eigenvalue weighted by molar-refractivity contribution is 5.89. The molecule has 0 aliphatic rings. The summed E-state index contributed by atoms with van der Waals surface area (Å²) in [5, 5.41) is 20.6. The molecule has 2 N–H and O–H groups in total. The van der Waals surface area contributed by atoms with Crippen molar-refractivity contribution in [3.63, 3.8) is 0 Å². The molecule has 39 heavy (non-hydrogen) atoms. The summed E-state index contributed by atoms with van der Waals surface area (Å²) in [5.41, 5.74) is -1.00. The van der Waals surface area contributed by atoms with Crippen molar-refractivity contribution >= 4 is 18.0 Å². The smallest absolute Gasteiger partial charge is 0.410 e. The SMILES string of the molecule is [2H]CC(C)(C)OC(=O)N(CCCCCCCCCCCCCCCCCC)[C@@H](C)C(=O)N[C@@H](CCC#N)C(=O)O. The molecule has 0 aromatic rings. The lowest BCUT2D eigenvalue weighted by Crippen LogP contribution is -2.53. The molecule has 0 aromatic heterocycles. The van der Waals surface area contributed by atoms with Crippen molar-refractivity contribution in [2.75, 3.05) is 6.54 Å². The first kappa shape index (κ1) is 34.7. The summed E-state index contributed by atoms with van der Waals surface area (Å²) in [6.07, 6.45) is 19.1. The number of ether oxygens (including phenoxy) is 1. The van der Waals surface area contributed by atoms with Crippen LogP contribution in [0.4, 0.5) is 4.79 Å². The number of hydrogen-bond donors (Lipinski definition) is 2. The van der Waals surface area contributed by atoms with Gasteiger partial charge in [-0.05, 0) is 40.5 Å². The number of carbonyl (C=O) groups excluding carboxylic acids is 2. The fourth-order valence-electron chi connectivity index (χ4n) is 4.47. The monoisotopic (exact) mass is 552 g/mol. The third-order valence-electron chi connectivity index (χ3n) is 6.86. The van der Waals surface area contributed by atoms with Crippen LogP contribution in [0.15, 0.2) is 0 Å². The number of carboxylic acid groups (broad SMARTS) is 1. The van der Waals surface area contributed by atoms with Crippen LogP contribution in [0.1, 0.15) is 152 Å². The lowest BCUT2D eigenvalue weighted by molar-refractivity contribution is -0.142. The fraction of sp³-hybridized carbons (Fsp3) is 0.871. The van der Waals surface area contributed by atoms with Gasteiger partial charge in [-0.3, -0.25) is 9.69 Å². The summed E-state index contributed by atoms with van der Waals surface area (Å²) in [6, 6.07) is -0.266. The molecular formula is C31H57N3O5. The van der Waals surface area contributed by atoms with Gasteiger partial charge >= 0.3 is 12.1 Å². The molecule has 0 aliphatic carbocycles. The summed E-state index contributed by atoms with van der Waals surface area (Å²) < 4.78 is 13.1. The molecule has 0 rings (SSSR count). The molecule has 0 unspecified atom stereocenters. The largest absolute Gasteiger partial charge is 0.480 e. The summed E-state index contributed by atoms with van der Waals surface area (Å²) in [5.74, 6) is -1.83. The van der Waals surface area contributed by atoms with Gasteiger partial charge in [-0.15, -0.1) is 0 Å². The molecule has 0 aromatic carbocycles. The van der Waals surface area contributed by atoms with Crippen LogP contribution >= 0.6 is 0 Å². The summed E-state index contributed by atoms with van der Waals surface area (Å²) >= 11 is 0. The van der Waals surface area contributed by atoms with Crippen molar-refractivity contribution in [1.29, 1.82) is 5.26 Å². The van der Waals surface area contributed by atoms with Gasteiger partial charge in [0.15, 0.2) is 0 Å². The topological polar surface area (TPSA) is 120 Å². The Kier molecular flexibility index (Phi) is 20.0. The van der Waals surface area contributed by atoms with Gasteiger partial charge in [-0.2, -0.15) is 5.26 Å². The van der Waals surface area contributed by atoms with Crippen LogP contribution in [0, 0.1) is 11.3 Å².